The van der Waals surface area contributed by atoms with Gasteiger partial charge in [-0.1, -0.05) is 6.92 Å². The van der Waals surface area contributed by atoms with Crippen LogP contribution < -0.4 is 10.6 Å². The molecule has 4 rings (SSSR count). The summed E-state index contributed by atoms with van der Waals surface area (Å²) in [7, 11) is 0. The van der Waals surface area contributed by atoms with E-state index in [0.29, 0.717) is 25.8 Å². The normalized spacial score (nSPS) is 19.8. The summed E-state index contributed by atoms with van der Waals surface area (Å²) < 4.78 is 42.5. The van der Waals surface area contributed by atoms with Crippen LogP contribution in [0.15, 0.2) is 12.3 Å². The van der Waals surface area contributed by atoms with Gasteiger partial charge in [0.1, 0.15) is 11.5 Å². The molecule has 2 amide bonds. The minimum atomic E-state index is -4.73. The molecule has 0 aromatic carbocycles. The summed E-state index contributed by atoms with van der Waals surface area (Å²) in [5.74, 6) is -1.09. The van der Waals surface area contributed by atoms with Gasteiger partial charge in [-0.2, -0.15) is 13.2 Å². The first-order chi connectivity index (χ1) is 16.9. The van der Waals surface area contributed by atoms with Crippen LogP contribution in [0, 0.1) is 0 Å². The molecule has 0 bridgehead atoms. The molecule has 3 heterocycles. The molecule has 0 radical (unpaired) electrons. The molecule has 196 valence electrons. The van der Waals surface area contributed by atoms with E-state index in [1.807, 2.05) is 20.8 Å². The maximum atomic E-state index is 14.2. The van der Waals surface area contributed by atoms with Gasteiger partial charge in [0.05, 0.1) is 16.0 Å². The van der Waals surface area contributed by atoms with E-state index >= 15 is 0 Å². The van der Waals surface area contributed by atoms with Crippen molar-refractivity contribution in [2.45, 2.75) is 76.7 Å². The number of halogens is 3. The number of nitrogens with zero attached hydrogens (tertiary/aromatic N) is 3. The zero-order valence-electron chi connectivity index (χ0n) is 20.4. The predicted molar refractivity (Wildman–Crippen MR) is 130 cm³/mol. The lowest BCUT2D eigenvalue weighted by Crippen LogP contribution is -2.35. The second-order valence-electron chi connectivity index (χ2n) is 9.66. The van der Waals surface area contributed by atoms with Gasteiger partial charge in [-0.25, -0.2) is 9.97 Å². The third-order valence-electron chi connectivity index (χ3n) is 6.70. The van der Waals surface area contributed by atoms with E-state index in [4.69, 9.17) is 0 Å². The lowest BCUT2D eigenvalue weighted by Gasteiger charge is -2.21. The van der Waals surface area contributed by atoms with Crippen LogP contribution in [0.1, 0.15) is 78.7 Å². The van der Waals surface area contributed by atoms with E-state index < -0.39 is 29.2 Å². The molecule has 2 fully saturated rings. The van der Waals surface area contributed by atoms with E-state index in [9.17, 15) is 27.9 Å². The Kier molecular flexibility index (Phi) is 7.29. The number of hydrogen-bond acceptors (Lipinski definition) is 7. The number of aliphatic hydroxyl groups is 1. The topological polar surface area (TPSA) is 107 Å². The van der Waals surface area contributed by atoms with Crippen molar-refractivity contribution < 1.29 is 27.9 Å². The fourth-order valence-corrected chi connectivity index (χ4v) is 5.06. The van der Waals surface area contributed by atoms with E-state index in [2.05, 4.69) is 20.6 Å². The van der Waals surface area contributed by atoms with Crippen LogP contribution in [0.5, 0.6) is 0 Å². The predicted octanol–water partition coefficient (Wildman–Crippen LogP) is 4.31. The molecule has 3 N–H and O–H groups in total. The highest BCUT2D eigenvalue weighted by Gasteiger charge is 2.41. The van der Waals surface area contributed by atoms with E-state index in [1.54, 1.807) is 4.90 Å². The van der Waals surface area contributed by atoms with Crippen molar-refractivity contribution in [1.29, 1.82) is 0 Å². The molecule has 2 atom stereocenters. The van der Waals surface area contributed by atoms with Crippen molar-refractivity contribution >= 4 is 29.0 Å². The standard InChI is InChI=1S/C24H30F3N5O3S/c1-4-13(2)30-17-10-16(24(25,26)27)15(11-28-17)19-18(22(34)32-9-5-6-14(32)3)31-21(36-19)20(33)29-12-23(35)7-8-23/h10-11,13-14,35H,4-9,12H2,1-3H3,(H,28,30)(H,29,33)/t13-,14+/m1/s1. The molecule has 12 heteroatoms. The Morgan fingerprint density at radius 1 is 1.36 bits per heavy atom. The van der Waals surface area contributed by atoms with Crippen molar-refractivity contribution in [2.24, 2.45) is 0 Å². The number of pyridine rings is 1. The Bertz CT molecular complexity index is 1150. The van der Waals surface area contributed by atoms with Crippen LogP contribution in [0.4, 0.5) is 19.0 Å². The Hall–Kier alpha value is -2.73. The van der Waals surface area contributed by atoms with Crippen LogP contribution >= 0.6 is 11.3 Å². The minimum Gasteiger partial charge on any atom is -0.388 e. The van der Waals surface area contributed by atoms with Gasteiger partial charge in [0.15, 0.2) is 5.01 Å². The molecule has 1 saturated carbocycles. The average Bonchev–Trinajstić information content (AvgIpc) is 3.20. The lowest BCUT2D eigenvalue weighted by molar-refractivity contribution is -0.137. The smallest absolute Gasteiger partial charge is 0.388 e. The number of nitrogens with one attached hydrogen (secondary N) is 2. The maximum absolute atomic E-state index is 14.2. The number of thiazole rings is 1. The number of anilines is 1. The molecule has 2 aromatic heterocycles. The highest BCUT2D eigenvalue weighted by Crippen LogP contribution is 2.42. The zero-order chi connectivity index (χ0) is 26.3. The van der Waals surface area contributed by atoms with Crippen LogP contribution in [0.2, 0.25) is 0 Å². The van der Waals surface area contributed by atoms with E-state index in [0.717, 1.165) is 36.4 Å². The summed E-state index contributed by atoms with van der Waals surface area (Å²) in [4.78, 5) is 36.1. The number of likely N-dealkylation sites (tertiary alicyclic amines) is 1. The molecule has 0 spiro atoms. The van der Waals surface area contributed by atoms with Gasteiger partial charge in [0, 0.05) is 36.9 Å². The maximum Gasteiger partial charge on any atom is 0.417 e. The molecule has 8 nitrogen and oxygen atoms in total. The van der Waals surface area contributed by atoms with Crippen LogP contribution in [-0.2, 0) is 6.18 Å². The number of aromatic nitrogens is 2. The van der Waals surface area contributed by atoms with Crippen LogP contribution in [0.3, 0.4) is 0 Å². The summed E-state index contributed by atoms with van der Waals surface area (Å²) in [6.07, 6.45) is -0.270. The van der Waals surface area contributed by atoms with Crippen LogP contribution in [0.25, 0.3) is 10.4 Å². The second kappa shape index (κ2) is 9.97. The first kappa shape index (κ1) is 26.3. The molecule has 2 aromatic rings. The highest BCUT2D eigenvalue weighted by atomic mass is 32.1. The number of alkyl halides is 3. The third-order valence-corrected chi connectivity index (χ3v) is 7.79. The monoisotopic (exact) mass is 525 g/mol. The SMILES string of the molecule is CC[C@@H](C)Nc1cc(C(F)(F)F)c(-c2sc(C(=O)NCC3(O)CC3)nc2C(=O)N2CCC[C@@H]2C)cn1. The van der Waals surface area contributed by atoms with Gasteiger partial charge in [0.2, 0.25) is 0 Å². The number of hydrogen-bond donors (Lipinski definition) is 3. The molecule has 1 aliphatic carbocycles. The van der Waals surface area contributed by atoms with E-state index in [-0.39, 0.29) is 45.6 Å². The van der Waals surface area contributed by atoms with Crippen LogP contribution in [-0.4, -0.2) is 62.6 Å². The van der Waals surface area contributed by atoms with Crippen molar-refractivity contribution in [2.75, 3.05) is 18.4 Å². The fraction of sp³-hybridized carbons (Fsp3) is 0.583. The van der Waals surface area contributed by atoms with Crippen molar-refractivity contribution in [3.8, 4) is 10.4 Å². The quantitative estimate of drug-likeness (QED) is 0.474. The third kappa shape index (κ3) is 5.64. The molecule has 2 aliphatic rings. The molecule has 1 aliphatic heterocycles. The molecular formula is C24H30F3N5O3S. The Morgan fingerprint density at radius 2 is 2.08 bits per heavy atom. The summed E-state index contributed by atoms with van der Waals surface area (Å²) in [5, 5.41) is 15.4. The minimum absolute atomic E-state index is 0.0124. The van der Waals surface area contributed by atoms with Gasteiger partial charge < -0.3 is 20.6 Å². The van der Waals surface area contributed by atoms with Gasteiger partial charge >= 0.3 is 6.18 Å². The van der Waals surface area contributed by atoms with Gasteiger partial charge in [-0.15, -0.1) is 11.3 Å². The average molecular weight is 526 g/mol. The van der Waals surface area contributed by atoms with Crippen molar-refractivity contribution in [3.05, 3.63) is 28.5 Å². The number of carbonyl (C=O) groups excluding carboxylic acids is 2. The Labute approximate surface area is 211 Å². The molecule has 1 saturated heterocycles. The van der Waals surface area contributed by atoms with Crippen molar-refractivity contribution in [3.63, 3.8) is 0 Å². The zero-order valence-corrected chi connectivity index (χ0v) is 21.2. The van der Waals surface area contributed by atoms with Gasteiger partial charge in [-0.05, 0) is 52.0 Å². The molecule has 0 unspecified atom stereocenters. The molecule has 36 heavy (non-hydrogen) atoms. The van der Waals surface area contributed by atoms with Gasteiger partial charge in [0.25, 0.3) is 11.8 Å². The summed E-state index contributed by atoms with van der Waals surface area (Å²) >= 11 is 0.722. The second-order valence-corrected chi connectivity index (χ2v) is 10.7. The summed E-state index contributed by atoms with van der Waals surface area (Å²) in [5.41, 5.74) is -2.41. The highest BCUT2D eigenvalue weighted by molar-refractivity contribution is 7.17. The Balaban J connectivity index is 1.77. The van der Waals surface area contributed by atoms with Gasteiger partial charge in [-0.3, -0.25) is 9.59 Å². The first-order valence-electron chi connectivity index (χ1n) is 12.1. The number of carbonyl (C=O) groups is 2. The Morgan fingerprint density at radius 3 is 2.67 bits per heavy atom. The van der Waals surface area contributed by atoms with Crippen molar-refractivity contribution in [1.82, 2.24) is 20.2 Å². The first-order valence-corrected chi connectivity index (χ1v) is 12.9. The van der Waals surface area contributed by atoms with E-state index in [1.165, 1.54) is 0 Å². The number of rotatable bonds is 8. The molecular weight excluding hydrogens is 495 g/mol. The lowest BCUT2D eigenvalue weighted by atomic mass is 10.1. The number of amides is 2. The summed E-state index contributed by atoms with van der Waals surface area (Å²) in [6, 6.07) is 0.755. The largest absolute Gasteiger partial charge is 0.417 e. The summed E-state index contributed by atoms with van der Waals surface area (Å²) in [6.45, 7) is 6.09. The fourth-order valence-electron chi connectivity index (χ4n) is 4.06.